The van der Waals surface area contributed by atoms with Crippen LogP contribution in [0.25, 0.3) is 0 Å². The number of carbonyl (C=O) groups is 1. The number of amides is 1. The molecule has 3 rings (SSSR count). The summed E-state index contributed by atoms with van der Waals surface area (Å²) < 4.78 is 28.3. The first-order chi connectivity index (χ1) is 16.8. The Morgan fingerprint density at radius 2 is 1.78 bits per heavy atom. The zero-order valence-electron chi connectivity index (χ0n) is 23.0. The Morgan fingerprint density at radius 1 is 1.14 bits per heavy atom. The lowest BCUT2D eigenvalue weighted by molar-refractivity contribution is -0.0551. The van der Waals surface area contributed by atoms with Crippen molar-refractivity contribution in [1.29, 1.82) is 0 Å². The molecule has 36 heavy (non-hydrogen) atoms. The number of piperidine rings is 1. The fraction of sp³-hybridized carbons (Fsp3) is 0.750. The van der Waals surface area contributed by atoms with E-state index < -0.39 is 27.2 Å². The van der Waals surface area contributed by atoms with Gasteiger partial charge in [-0.05, 0) is 91.5 Å². The molecule has 1 saturated heterocycles. The van der Waals surface area contributed by atoms with E-state index in [1.165, 1.54) is 5.56 Å². The van der Waals surface area contributed by atoms with Crippen LogP contribution >= 0.6 is 0 Å². The average molecular weight is 522 g/mol. The highest BCUT2D eigenvalue weighted by molar-refractivity contribution is 7.90. The van der Waals surface area contributed by atoms with Crippen molar-refractivity contribution in [2.45, 2.75) is 114 Å². The predicted molar refractivity (Wildman–Crippen MR) is 146 cm³/mol. The minimum Gasteiger partial charge on any atom is -0.598 e. The van der Waals surface area contributed by atoms with Gasteiger partial charge in [0.25, 0.3) is 0 Å². The minimum atomic E-state index is -1.34. The van der Waals surface area contributed by atoms with E-state index in [0.29, 0.717) is 19.1 Å². The van der Waals surface area contributed by atoms with Crippen molar-refractivity contribution in [3.8, 4) is 0 Å². The van der Waals surface area contributed by atoms with Crippen molar-refractivity contribution in [2.24, 2.45) is 5.73 Å². The minimum absolute atomic E-state index is 0.135. The van der Waals surface area contributed by atoms with Gasteiger partial charge in [-0.25, -0.2) is 4.79 Å². The zero-order valence-corrected chi connectivity index (χ0v) is 23.9. The average Bonchev–Trinajstić information content (AvgIpc) is 2.82. The van der Waals surface area contributed by atoms with Gasteiger partial charge in [-0.2, -0.15) is 0 Å². The number of rotatable bonds is 7. The molecule has 2 aliphatic rings. The van der Waals surface area contributed by atoms with Crippen LogP contribution in [-0.4, -0.2) is 63.3 Å². The highest BCUT2D eigenvalue weighted by atomic mass is 32.2. The molecular formula is C28H47N3O4S. The Morgan fingerprint density at radius 3 is 2.33 bits per heavy atom. The van der Waals surface area contributed by atoms with Crippen molar-refractivity contribution in [3.63, 3.8) is 0 Å². The number of ether oxygens (including phenoxy) is 2. The van der Waals surface area contributed by atoms with Gasteiger partial charge >= 0.3 is 6.09 Å². The Kier molecular flexibility index (Phi) is 9.77. The van der Waals surface area contributed by atoms with E-state index in [-0.39, 0.29) is 24.8 Å². The third kappa shape index (κ3) is 7.60. The molecule has 0 radical (unpaired) electrons. The van der Waals surface area contributed by atoms with Gasteiger partial charge in [-0.3, -0.25) is 0 Å². The molecule has 204 valence electrons. The summed E-state index contributed by atoms with van der Waals surface area (Å²) in [5.74, 6) is 0.568. The topological polar surface area (TPSA) is 99.9 Å². The largest absolute Gasteiger partial charge is 0.598 e. The number of carbonyl (C=O) groups excluding carboxylic acids is 1. The van der Waals surface area contributed by atoms with Gasteiger partial charge in [0.1, 0.15) is 10.3 Å². The standard InChI is InChI=1S/C28H47N3O4S/c1-26(2,3)35-25(32)31-18-10-17-28(20-29,30-36(33)27(4,5)6)24(31)19-34-23-15-13-22(14-16-23)21-11-8-7-9-12-21/h7-9,11-12,22-24,30H,10,13-20,29H2,1-6H3/t22-,23+,24-,28+,36?/m0/s1. The van der Waals surface area contributed by atoms with E-state index in [2.05, 4.69) is 35.1 Å². The summed E-state index contributed by atoms with van der Waals surface area (Å²) in [4.78, 5) is 15.0. The number of hydrogen-bond acceptors (Lipinski definition) is 6. The third-order valence-corrected chi connectivity index (χ3v) is 9.02. The highest BCUT2D eigenvalue weighted by Crippen LogP contribution is 2.36. The second-order valence-electron chi connectivity index (χ2n) is 12.4. The molecule has 8 heteroatoms. The maximum Gasteiger partial charge on any atom is 0.410 e. The molecule has 1 amide bonds. The number of nitrogens with zero attached hydrogens (tertiary/aromatic N) is 1. The Balaban J connectivity index is 1.74. The Hall–Kier alpha value is -1.32. The number of hydrogen-bond donors (Lipinski definition) is 2. The summed E-state index contributed by atoms with van der Waals surface area (Å²) in [7, 11) is 0. The smallest absolute Gasteiger partial charge is 0.410 e. The molecule has 0 aromatic heterocycles. The molecule has 3 atom stereocenters. The summed E-state index contributed by atoms with van der Waals surface area (Å²) in [6.07, 6.45) is 5.38. The van der Waals surface area contributed by atoms with Crippen LogP contribution in [0, 0.1) is 0 Å². The second-order valence-corrected chi connectivity index (χ2v) is 14.3. The normalized spacial score (nSPS) is 28.6. The van der Waals surface area contributed by atoms with E-state index >= 15 is 0 Å². The van der Waals surface area contributed by atoms with Crippen molar-refractivity contribution in [2.75, 3.05) is 19.7 Å². The molecule has 1 aliphatic heterocycles. The van der Waals surface area contributed by atoms with Gasteiger partial charge in [0.15, 0.2) is 0 Å². The summed E-state index contributed by atoms with van der Waals surface area (Å²) in [5, 5.41) is 0. The van der Waals surface area contributed by atoms with Crippen LogP contribution in [0.4, 0.5) is 4.79 Å². The Bertz CT molecular complexity index is 833. The second kappa shape index (κ2) is 12.0. The Labute approximate surface area is 221 Å². The number of nitrogens with two attached hydrogens (primary N) is 1. The third-order valence-electron chi connectivity index (χ3n) is 7.32. The van der Waals surface area contributed by atoms with Crippen LogP contribution in [0.2, 0.25) is 0 Å². The molecule has 1 heterocycles. The van der Waals surface area contributed by atoms with Gasteiger partial charge < -0.3 is 24.7 Å². The van der Waals surface area contributed by atoms with Crippen LogP contribution in [0.5, 0.6) is 0 Å². The van der Waals surface area contributed by atoms with Gasteiger partial charge in [-0.1, -0.05) is 30.3 Å². The first-order valence-electron chi connectivity index (χ1n) is 13.4. The van der Waals surface area contributed by atoms with Crippen molar-refractivity contribution in [1.82, 2.24) is 9.62 Å². The molecule has 7 nitrogen and oxygen atoms in total. The molecule has 1 unspecified atom stereocenters. The lowest BCUT2D eigenvalue weighted by atomic mass is 9.81. The molecule has 1 saturated carbocycles. The number of benzene rings is 1. The zero-order chi connectivity index (χ0) is 26.6. The van der Waals surface area contributed by atoms with Gasteiger partial charge in [0.05, 0.1) is 24.3 Å². The molecule has 0 bridgehead atoms. The molecule has 3 N–H and O–H groups in total. The number of nitrogens with one attached hydrogen (secondary N) is 1. The lowest BCUT2D eigenvalue weighted by Gasteiger charge is -2.50. The molecule has 2 fully saturated rings. The molecule has 0 spiro atoms. The highest BCUT2D eigenvalue weighted by Gasteiger charge is 2.51. The summed E-state index contributed by atoms with van der Waals surface area (Å²) in [6.45, 7) is 12.6. The van der Waals surface area contributed by atoms with E-state index in [9.17, 15) is 9.35 Å². The lowest BCUT2D eigenvalue weighted by Crippen LogP contribution is -2.71. The summed E-state index contributed by atoms with van der Waals surface area (Å²) in [5.41, 5.74) is 6.45. The predicted octanol–water partition coefficient (Wildman–Crippen LogP) is 4.88. The van der Waals surface area contributed by atoms with Gasteiger partial charge in [0.2, 0.25) is 0 Å². The fourth-order valence-electron chi connectivity index (χ4n) is 5.23. The molecule has 1 aromatic carbocycles. The quantitative estimate of drug-likeness (QED) is 0.496. The monoisotopic (exact) mass is 521 g/mol. The summed E-state index contributed by atoms with van der Waals surface area (Å²) >= 11 is -1.34. The van der Waals surface area contributed by atoms with E-state index in [1.54, 1.807) is 4.90 Å². The van der Waals surface area contributed by atoms with Crippen LogP contribution in [0.15, 0.2) is 30.3 Å². The maximum absolute atomic E-state index is 13.3. The van der Waals surface area contributed by atoms with Crippen LogP contribution < -0.4 is 10.5 Å². The van der Waals surface area contributed by atoms with E-state index in [4.69, 9.17) is 15.2 Å². The molecule has 1 aromatic rings. The number of likely N-dealkylation sites (tertiary alicyclic amines) is 1. The van der Waals surface area contributed by atoms with Crippen molar-refractivity contribution < 1.29 is 18.8 Å². The molecule has 1 aliphatic carbocycles. The van der Waals surface area contributed by atoms with Gasteiger partial charge in [-0.15, -0.1) is 4.72 Å². The van der Waals surface area contributed by atoms with Crippen LogP contribution in [-0.2, 0) is 20.8 Å². The first-order valence-corrected chi connectivity index (χ1v) is 14.6. The van der Waals surface area contributed by atoms with Crippen LogP contribution in [0.3, 0.4) is 0 Å². The molecular weight excluding hydrogens is 474 g/mol. The maximum atomic E-state index is 13.3. The van der Waals surface area contributed by atoms with E-state index in [0.717, 1.165) is 38.5 Å². The first kappa shape index (κ1) is 29.2. The van der Waals surface area contributed by atoms with Crippen LogP contribution in [0.1, 0.15) is 91.5 Å². The summed E-state index contributed by atoms with van der Waals surface area (Å²) in [6, 6.07) is 10.3. The SMILES string of the molecule is CC(C)(C)OC(=O)N1CCC[C@](CN)(N[S+]([O-])C(C)(C)C)[C@@H]1CO[C@H]1CC[C@@H](c2ccccc2)CC1. The van der Waals surface area contributed by atoms with Crippen molar-refractivity contribution >= 4 is 17.5 Å². The van der Waals surface area contributed by atoms with Crippen molar-refractivity contribution in [3.05, 3.63) is 35.9 Å². The van der Waals surface area contributed by atoms with E-state index in [1.807, 2.05) is 41.5 Å². The fourth-order valence-corrected chi connectivity index (χ4v) is 6.22. The van der Waals surface area contributed by atoms with Gasteiger partial charge in [0, 0.05) is 24.5 Å².